The highest BCUT2D eigenvalue weighted by atomic mass is 35.5. The number of carbonyl (C=O) groups is 2. The minimum Gasteiger partial charge on any atom is -0.452 e. The van der Waals surface area contributed by atoms with Gasteiger partial charge in [0.1, 0.15) is 10.7 Å². The normalized spacial score (nSPS) is 15.2. The molecule has 0 atom stereocenters. The topological polar surface area (TPSA) is 92.8 Å². The van der Waals surface area contributed by atoms with Crippen LogP contribution in [0.3, 0.4) is 0 Å². The summed E-state index contributed by atoms with van der Waals surface area (Å²) in [6, 6.07) is 9.08. The van der Waals surface area contributed by atoms with E-state index in [1.54, 1.807) is 0 Å². The van der Waals surface area contributed by atoms with Crippen LogP contribution in [0.1, 0.15) is 36.0 Å². The number of rotatable bonds is 6. The SMILES string of the molecule is O=C(COC(=O)c1ccc(Cl)c(S(=O)(=O)N2CCCCCC2)c1)Nc1cccc(F)c1. The molecule has 7 nitrogen and oxygen atoms in total. The van der Waals surface area contributed by atoms with Crippen LogP contribution in [0.25, 0.3) is 0 Å². The van der Waals surface area contributed by atoms with Crippen LogP contribution in [0, 0.1) is 5.82 Å². The van der Waals surface area contributed by atoms with Crippen LogP contribution in [0.4, 0.5) is 10.1 Å². The van der Waals surface area contributed by atoms with Crippen LogP contribution in [0.5, 0.6) is 0 Å². The number of hydrogen-bond acceptors (Lipinski definition) is 5. The van der Waals surface area contributed by atoms with E-state index in [1.165, 1.54) is 34.6 Å². The second-order valence-electron chi connectivity index (χ2n) is 7.10. The molecule has 166 valence electrons. The van der Waals surface area contributed by atoms with Gasteiger partial charge in [-0.15, -0.1) is 0 Å². The first-order chi connectivity index (χ1) is 14.8. The standard InChI is InChI=1S/C21H22ClFN2O5S/c22-18-9-8-15(12-19(18)31(28,29)25-10-3-1-2-4-11-25)21(27)30-14-20(26)24-17-7-5-6-16(23)13-17/h5-9,12-13H,1-4,10-11,14H2,(H,24,26). The Hall–Kier alpha value is -2.49. The molecule has 3 rings (SSSR count). The zero-order valence-electron chi connectivity index (χ0n) is 16.6. The third-order valence-corrected chi connectivity index (χ3v) is 7.17. The molecule has 0 aliphatic carbocycles. The maximum atomic E-state index is 13.2. The zero-order chi connectivity index (χ0) is 22.4. The average molecular weight is 469 g/mol. The summed E-state index contributed by atoms with van der Waals surface area (Å²) in [4.78, 5) is 24.1. The fourth-order valence-electron chi connectivity index (χ4n) is 3.23. The Bertz CT molecular complexity index is 1070. The molecule has 2 aromatic carbocycles. The molecule has 1 N–H and O–H groups in total. The van der Waals surface area contributed by atoms with Gasteiger partial charge in [-0.2, -0.15) is 4.31 Å². The first-order valence-electron chi connectivity index (χ1n) is 9.79. The maximum Gasteiger partial charge on any atom is 0.338 e. The van der Waals surface area contributed by atoms with E-state index < -0.39 is 34.3 Å². The lowest BCUT2D eigenvalue weighted by atomic mass is 10.2. The Morgan fingerprint density at radius 3 is 2.45 bits per heavy atom. The highest BCUT2D eigenvalue weighted by Gasteiger charge is 2.28. The largest absolute Gasteiger partial charge is 0.452 e. The molecule has 0 spiro atoms. The molecule has 1 saturated heterocycles. The molecule has 10 heteroatoms. The van der Waals surface area contributed by atoms with Crippen molar-refractivity contribution >= 4 is 39.2 Å². The molecule has 2 aromatic rings. The second-order valence-corrected chi connectivity index (χ2v) is 9.41. The molecular weight excluding hydrogens is 447 g/mol. The third kappa shape index (κ3) is 6.03. The van der Waals surface area contributed by atoms with Crippen molar-refractivity contribution < 1.29 is 27.1 Å². The van der Waals surface area contributed by atoms with Gasteiger partial charge in [-0.25, -0.2) is 17.6 Å². The van der Waals surface area contributed by atoms with Gasteiger partial charge in [-0.1, -0.05) is 30.5 Å². The summed E-state index contributed by atoms with van der Waals surface area (Å²) < 4.78 is 45.6. The minimum absolute atomic E-state index is 0.00430. The number of nitrogens with zero attached hydrogens (tertiary/aromatic N) is 1. The maximum absolute atomic E-state index is 13.2. The number of nitrogens with one attached hydrogen (secondary N) is 1. The van der Waals surface area contributed by atoms with Crippen molar-refractivity contribution in [2.45, 2.75) is 30.6 Å². The second kappa shape index (κ2) is 10.2. The molecule has 0 radical (unpaired) electrons. The summed E-state index contributed by atoms with van der Waals surface area (Å²) >= 11 is 6.12. The van der Waals surface area contributed by atoms with Crippen LogP contribution >= 0.6 is 11.6 Å². The first kappa shape index (κ1) is 23.2. The molecule has 1 aliphatic heterocycles. The van der Waals surface area contributed by atoms with E-state index in [4.69, 9.17) is 16.3 Å². The lowest BCUT2D eigenvalue weighted by molar-refractivity contribution is -0.119. The Balaban J connectivity index is 1.68. The number of benzene rings is 2. The lowest BCUT2D eigenvalue weighted by Crippen LogP contribution is -2.32. The Morgan fingerprint density at radius 2 is 1.77 bits per heavy atom. The van der Waals surface area contributed by atoms with Gasteiger partial charge in [0.25, 0.3) is 5.91 Å². The number of hydrogen-bond donors (Lipinski definition) is 1. The minimum atomic E-state index is -3.87. The third-order valence-electron chi connectivity index (χ3n) is 4.79. The Labute approximate surface area is 185 Å². The summed E-state index contributed by atoms with van der Waals surface area (Å²) in [5.41, 5.74) is 0.176. The molecular formula is C21H22ClFN2O5S. The fraction of sp³-hybridized carbons (Fsp3) is 0.333. The molecule has 31 heavy (non-hydrogen) atoms. The van der Waals surface area contributed by atoms with Gasteiger partial charge >= 0.3 is 5.97 Å². The van der Waals surface area contributed by atoms with Gasteiger partial charge in [-0.3, -0.25) is 4.79 Å². The number of anilines is 1. The number of halogens is 2. The Kier molecular flexibility index (Phi) is 7.64. The predicted molar refractivity (Wildman–Crippen MR) is 114 cm³/mol. The predicted octanol–water partition coefficient (Wildman–Crippen LogP) is 3.84. The summed E-state index contributed by atoms with van der Waals surface area (Å²) in [7, 11) is -3.87. The van der Waals surface area contributed by atoms with Crippen molar-refractivity contribution in [1.82, 2.24) is 4.31 Å². The highest BCUT2D eigenvalue weighted by Crippen LogP contribution is 2.28. The summed E-state index contributed by atoms with van der Waals surface area (Å²) in [5, 5.41) is 2.41. The molecule has 1 amide bonds. The van der Waals surface area contributed by atoms with Crippen molar-refractivity contribution in [1.29, 1.82) is 0 Å². The lowest BCUT2D eigenvalue weighted by Gasteiger charge is -2.21. The number of sulfonamides is 1. The summed E-state index contributed by atoms with van der Waals surface area (Å²) in [6.45, 7) is 0.174. The van der Waals surface area contributed by atoms with Gasteiger partial charge in [-0.05, 0) is 49.2 Å². The van der Waals surface area contributed by atoms with Crippen molar-refractivity contribution in [2.75, 3.05) is 25.0 Å². The molecule has 0 saturated carbocycles. The van der Waals surface area contributed by atoms with E-state index in [0.29, 0.717) is 13.1 Å². The first-order valence-corrected chi connectivity index (χ1v) is 11.6. The van der Waals surface area contributed by atoms with Gasteiger partial charge < -0.3 is 10.1 Å². The average Bonchev–Trinajstić information content (AvgIpc) is 3.02. The molecule has 1 fully saturated rings. The molecule has 0 bridgehead atoms. The van der Waals surface area contributed by atoms with Crippen LogP contribution in [-0.4, -0.2) is 44.3 Å². The number of ether oxygens (including phenoxy) is 1. The van der Waals surface area contributed by atoms with Crippen LogP contribution < -0.4 is 5.32 Å². The number of carbonyl (C=O) groups excluding carboxylic acids is 2. The van der Waals surface area contributed by atoms with Crippen LogP contribution in [-0.2, 0) is 19.6 Å². The van der Waals surface area contributed by atoms with Crippen LogP contribution in [0.15, 0.2) is 47.4 Å². The van der Waals surface area contributed by atoms with E-state index in [9.17, 15) is 22.4 Å². The van der Waals surface area contributed by atoms with Crippen molar-refractivity contribution in [3.63, 3.8) is 0 Å². The van der Waals surface area contributed by atoms with Gasteiger partial charge in [0.15, 0.2) is 6.61 Å². The van der Waals surface area contributed by atoms with Crippen molar-refractivity contribution in [2.24, 2.45) is 0 Å². The fourth-order valence-corrected chi connectivity index (χ4v) is 5.24. The van der Waals surface area contributed by atoms with Crippen LogP contribution in [0.2, 0.25) is 5.02 Å². The number of esters is 1. The van der Waals surface area contributed by atoms with Gasteiger partial charge in [0.2, 0.25) is 10.0 Å². The van der Waals surface area contributed by atoms with E-state index in [0.717, 1.165) is 37.8 Å². The highest BCUT2D eigenvalue weighted by molar-refractivity contribution is 7.89. The van der Waals surface area contributed by atoms with E-state index in [-0.39, 0.29) is 21.2 Å². The van der Waals surface area contributed by atoms with Gasteiger partial charge in [0.05, 0.1) is 10.6 Å². The quantitative estimate of drug-likeness (QED) is 0.650. The molecule has 1 aliphatic rings. The van der Waals surface area contributed by atoms with E-state index >= 15 is 0 Å². The molecule has 1 heterocycles. The van der Waals surface area contributed by atoms with Gasteiger partial charge in [0, 0.05) is 18.8 Å². The van der Waals surface area contributed by atoms with E-state index in [1.807, 2.05) is 0 Å². The summed E-state index contributed by atoms with van der Waals surface area (Å²) in [5.74, 6) is -2.06. The molecule has 0 aromatic heterocycles. The smallest absolute Gasteiger partial charge is 0.338 e. The monoisotopic (exact) mass is 468 g/mol. The Morgan fingerprint density at radius 1 is 1.06 bits per heavy atom. The summed E-state index contributed by atoms with van der Waals surface area (Å²) in [6.07, 6.45) is 3.45. The molecule has 0 unspecified atom stereocenters. The number of amides is 1. The van der Waals surface area contributed by atoms with Crippen molar-refractivity contribution in [3.05, 3.63) is 58.9 Å². The zero-order valence-corrected chi connectivity index (χ0v) is 18.2. The van der Waals surface area contributed by atoms with E-state index in [2.05, 4.69) is 5.32 Å². The van der Waals surface area contributed by atoms with Crippen molar-refractivity contribution in [3.8, 4) is 0 Å².